The van der Waals surface area contributed by atoms with Crippen LogP contribution in [0.15, 0.2) is 223 Å². The van der Waals surface area contributed by atoms with Gasteiger partial charge in [0.05, 0.1) is 56.9 Å². The Morgan fingerprint density at radius 3 is 1.68 bits per heavy atom. The minimum absolute atomic E-state index is 0.0347. The van der Waals surface area contributed by atoms with Crippen molar-refractivity contribution in [2.24, 2.45) is 15.0 Å². The van der Waals surface area contributed by atoms with Gasteiger partial charge in [0.15, 0.2) is 27.0 Å². The number of carbonyl (C=O) groups excluding carboxylic acids is 3. The van der Waals surface area contributed by atoms with Gasteiger partial charge in [-0.25, -0.2) is 15.0 Å². The lowest BCUT2D eigenvalue weighted by molar-refractivity contribution is -0.123. The number of amides is 3. The van der Waals surface area contributed by atoms with E-state index in [9.17, 15) is 19.5 Å². The van der Waals surface area contributed by atoms with Gasteiger partial charge < -0.3 is 14.6 Å². The quantitative estimate of drug-likeness (QED) is 0.112. The van der Waals surface area contributed by atoms with Crippen molar-refractivity contribution in [1.29, 1.82) is 0 Å². The highest BCUT2D eigenvalue weighted by molar-refractivity contribution is 8.19. The maximum absolute atomic E-state index is 13.5. The van der Waals surface area contributed by atoms with Crippen LogP contribution in [0.1, 0.15) is 59.9 Å². The molecule has 84 heavy (non-hydrogen) atoms. The largest absolute Gasteiger partial charge is 0.504 e. The monoisotopic (exact) mass is 1190 g/mol. The number of thioether (sulfide) groups is 3. The normalized spacial score (nSPS) is 17.0. The number of para-hydroxylation sites is 5. The highest BCUT2D eigenvalue weighted by atomic mass is 32.2. The van der Waals surface area contributed by atoms with Crippen LogP contribution < -0.4 is 19.3 Å². The summed E-state index contributed by atoms with van der Waals surface area (Å²) in [5, 5.41) is 14.1. The van der Waals surface area contributed by atoms with Gasteiger partial charge in [0.1, 0.15) is 5.75 Å². The molecular weight excluding hydrogens is 1130 g/mol. The minimum Gasteiger partial charge on any atom is -0.504 e. The van der Waals surface area contributed by atoms with Crippen LogP contribution in [0.3, 0.4) is 0 Å². The molecule has 3 amide bonds. The van der Waals surface area contributed by atoms with Crippen LogP contribution in [0, 0.1) is 20.8 Å². The Morgan fingerprint density at radius 1 is 0.548 bits per heavy atom. The number of rotatable bonds is 13. The molecule has 1 N–H and O–H groups in total. The summed E-state index contributed by atoms with van der Waals surface area (Å²) in [7, 11) is 1.63. The Hall–Kier alpha value is -8.67. The second-order valence-electron chi connectivity index (χ2n) is 19.5. The molecule has 0 bridgehead atoms. The number of phenols is 1. The molecule has 8 aromatic rings. The van der Waals surface area contributed by atoms with Crippen LogP contribution in [-0.2, 0) is 14.4 Å². The van der Waals surface area contributed by atoms with Gasteiger partial charge in [-0.05, 0) is 207 Å². The number of amidine groups is 3. The van der Waals surface area contributed by atoms with E-state index >= 15 is 0 Å². The smallest absolute Gasteiger partial charge is 0.271 e. The molecule has 7 aromatic carbocycles. The zero-order valence-corrected chi connectivity index (χ0v) is 50.8. The Bertz CT molecular complexity index is 3840. The predicted molar refractivity (Wildman–Crippen MR) is 353 cm³/mol. The van der Waals surface area contributed by atoms with Crippen LogP contribution in [0.25, 0.3) is 18.2 Å². The molecule has 0 unspecified atom stereocenters. The first-order chi connectivity index (χ1) is 40.8. The summed E-state index contributed by atoms with van der Waals surface area (Å²) in [5.74, 6) is 1.09. The zero-order valence-electron chi connectivity index (χ0n) is 47.5. The third-order valence-corrected chi connectivity index (χ3v) is 16.8. The fourth-order valence-electron chi connectivity index (χ4n) is 8.57. The van der Waals surface area contributed by atoms with E-state index < -0.39 is 0 Å². The number of benzene rings is 7. The van der Waals surface area contributed by atoms with Gasteiger partial charge in [0, 0.05) is 10.9 Å². The predicted octanol–water partition coefficient (Wildman–Crippen LogP) is 17.2. The molecule has 12 nitrogen and oxygen atoms in total. The zero-order chi connectivity index (χ0) is 59.1. The molecule has 0 atom stereocenters. The molecule has 424 valence electrons. The van der Waals surface area contributed by atoms with E-state index in [1.54, 1.807) is 51.3 Å². The van der Waals surface area contributed by atoms with E-state index in [1.807, 2.05) is 222 Å². The van der Waals surface area contributed by atoms with Gasteiger partial charge in [-0.2, -0.15) is 0 Å². The van der Waals surface area contributed by atoms with Crippen molar-refractivity contribution in [2.45, 2.75) is 54.0 Å². The molecule has 4 heterocycles. The van der Waals surface area contributed by atoms with E-state index in [2.05, 4.69) is 18.0 Å². The molecule has 3 fully saturated rings. The average molecular weight is 1190 g/mol. The average Bonchev–Trinajstić information content (AvgIpc) is 3.18. The molecule has 16 heteroatoms. The van der Waals surface area contributed by atoms with Crippen LogP contribution in [-0.4, -0.2) is 63.0 Å². The molecule has 11 rings (SSSR count). The summed E-state index contributed by atoms with van der Waals surface area (Å²) < 4.78 is 10.8. The molecule has 3 aliphatic heterocycles. The number of methoxy groups -OCH3 is 1. The molecule has 3 aliphatic rings. The van der Waals surface area contributed by atoms with Gasteiger partial charge in [-0.3, -0.25) is 29.1 Å². The van der Waals surface area contributed by atoms with Crippen LogP contribution in [0.2, 0.25) is 0 Å². The van der Waals surface area contributed by atoms with E-state index in [0.29, 0.717) is 32.5 Å². The van der Waals surface area contributed by atoms with Gasteiger partial charge in [-0.1, -0.05) is 116 Å². The fraction of sp³-hybridized carbons (Fsp3) is 0.147. The fourth-order valence-corrected chi connectivity index (χ4v) is 12.6. The summed E-state index contributed by atoms with van der Waals surface area (Å²) in [4.78, 5) is 61.8. The highest BCUT2D eigenvalue weighted by Gasteiger charge is 2.38. The van der Waals surface area contributed by atoms with Crippen LogP contribution in [0.4, 0.5) is 28.4 Å². The standard InChI is InChI=1S/C27H26N2O3S.C23H18N2O2S.C18H18N2OS2/c1-4-15-32-24-16-20(13-14-23(24)30)17-25-26(31)29(22-12-8-6-10-19(22)3)27(33-25)28-21-11-7-5-9-18(21)2;1-27-20-14-12-17(13-15-20)16-21-22(26)25(19-10-6-3-7-11-19)23(28-21)24-18-8-4-2-5-9-18;1-12(2)20-17(21)16(11-15-13(3)9-10-22-15)23-18(20)19-14-7-5-4-6-8-14/h5-14,16-17,30H,4,15H2,1-3H3;2-16H,1H3;4-12H,1-3H3/b25-17-,28-27?;;16-11-,19-18?. The number of phenolic OH excluding ortho intramolecular Hbond substituents is 1. The first-order valence-corrected chi connectivity index (χ1v) is 30.5. The van der Waals surface area contributed by atoms with Gasteiger partial charge in [0.2, 0.25) is 0 Å². The lowest BCUT2D eigenvalue weighted by Gasteiger charge is -2.19. The lowest BCUT2D eigenvalue weighted by Crippen LogP contribution is -2.35. The van der Waals surface area contributed by atoms with E-state index in [-0.39, 0.29) is 29.5 Å². The van der Waals surface area contributed by atoms with Crippen molar-refractivity contribution in [2.75, 3.05) is 23.5 Å². The second kappa shape index (κ2) is 28.5. The van der Waals surface area contributed by atoms with Gasteiger partial charge in [-0.15, -0.1) is 11.3 Å². The second-order valence-corrected chi connectivity index (χ2v) is 23.4. The molecule has 1 aromatic heterocycles. The van der Waals surface area contributed by atoms with Crippen molar-refractivity contribution in [3.8, 4) is 17.2 Å². The number of anilines is 2. The first kappa shape index (κ1) is 59.9. The van der Waals surface area contributed by atoms with Crippen LogP contribution >= 0.6 is 46.6 Å². The van der Waals surface area contributed by atoms with Crippen molar-refractivity contribution in [1.82, 2.24) is 4.90 Å². The summed E-state index contributed by atoms with van der Waals surface area (Å²) in [6, 6.07) is 59.5. The van der Waals surface area contributed by atoms with Crippen molar-refractivity contribution < 1.29 is 29.0 Å². The number of hydrogen-bond donors (Lipinski definition) is 1. The Balaban J connectivity index is 0.000000154. The summed E-state index contributed by atoms with van der Waals surface area (Å²) in [6.07, 6.45) is 6.52. The number of thiophene rings is 1. The number of ether oxygens (including phenoxy) is 2. The van der Waals surface area contributed by atoms with Crippen molar-refractivity contribution in [3.63, 3.8) is 0 Å². The Kier molecular flexibility index (Phi) is 20.4. The third kappa shape index (κ3) is 14.9. The maximum Gasteiger partial charge on any atom is 0.271 e. The summed E-state index contributed by atoms with van der Waals surface area (Å²) in [6.45, 7) is 12.6. The minimum atomic E-state index is -0.134. The molecule has 0 saturated carbocycles. The first-order valence-electron chi connectivity index (χ1n) is 27.2. The van der Waals surface area contributed by atoms with Crippen LogP contribution in [0.5, 0.6) is 17.2 Å². The van der Waals surface area contributed by atoms with E-state index in [1.165, 1.54) is 40.8 Å². The van der Waals surface area contributed by atoms with Crippen molar-refractivity contribution >= 4 is 127 Å². The SMILES string of the molecule is CCCOc1cc(/C=C2\SC(=Nc3ccccc3C)N(c3ccccc3C)C2=O)ccc1O.COc1ccc(C=C2SC(=Nc3ccccc3)N(c3ccccc3)C2=O)cc1.Cc1ccsc1/C=C1\SC(=Nc2ccccc2)N(C(C)C)C1=O. The van der Waals surface area contributed by atoms with Gasteiger partial charge >= 0.3 is 0 Å². The third-order valence-electron chi connectivity index (χ3n) is 13.0. The van der Waals surface area contributed by atoms with E-state index in [0.717, 1.165) is 77.8 Å². The van der Waals surface area contributed by atoms with E-state index in [4.69, 9.17) is 19.5 Å². The molecule has 0 spiro atoms. The summed E-state index contributed by atoms with van der Waals surface area (Å²) in [5.41, 5.74) is 9.04. The molecule has 0 aliphatic carbocycles. The number of aromatic hydroxyl groups is 1. The van der Waals surface area contributed by atoms with Crippen molar-refractivity contribution in [3.05, 3.63) is 241 Å². The lowest BCUT2D eigenvalue weighted by atomic mass is 10.1. The highest BCUT2D eigenvalue weighted by Crippen LogP contribution is 2.41. The number of carbonyl (C=O) groups is 3. The molecular formula is C68H62N6O6S4. The summed E-state index contributed by atoms with van der Waals surface area (Å²) >= 11 is 5.82. The Labute approximate surface area is 507 Å². The number of nitrogens with zero attached hydrogens (tertiary/aromatic N) is 6. The number of hydrogen-bond acceptors (Lipinski definition) is 13. The number of aliphatic imine (C=N–C) groups is 3. The molecule has 3 saturated heterocycles. The number of aryl methyl sites for hydroxylation is 3. The topological polar surface area (TPSA) is 137 Å². The molecule has 0 radical (unpaired) electrons. The van der Waals surface area contributed by atoms with Gasteiger partial charge in [0.25, 0.3) is 17.7 Å². The maximum atomic E-state index is 13.5. The Morgan fingerprint density at radius 2 is 1.08 bits per heavy atom.